The Morgan fingerprint density at radius 3 is 2.56 bits per heavy atom. The van der Waals surface area contributed by atoms with E-state index < -0.39 is 22.4 Å². The van der Waals surface area contributed by atoms with Crippen molar-refractivity contribution in [3.05, 3.63) is 28.8 Å². The van der Waals surface area contributed by atoms with Gasteiger partial charge in [-0.3, -0.25) is 9.59 Å². The zero-order valence-corrected chi connectivity index (χ0v) is 16.6. The Morgan fingerprint density at radius 1 is 1.22 bits per heavy atom. The molecule has 2 fully saturated rings. The number of methoxy groups -OCH3 is 1. The van der Waals surface area contributed by atoms with E-state index in [0.29, 0.717) is 22.8 Å². The highest BCUT2D eigenvalue weighted by Gasteiger charge is 2.42. The highest BCUT2D eigenvalue weighted by Crippen LogP contribution is 2.32. The van der Waals surface area contributed by atoms with Crippen LogP contribution in [0.15, 0.2) is 18.2 Å². The van der Waals surface area contributed by atoms with Crippen LogP contribution in [0.5, 0.6) is 5.75 Å². The zero-order chi connectivity index (χ0) is 19.6. The van der Waals surface area contributed by atoms with Crippen LogP contribution in [0.25, 0.3) is 0 Å². The monoisotopic (exact) mass is 415 g/mol. The topological polar surface area (TPSA) is 90.0 Å². The molecule has 1 saturated carbocycles. The van der Waals surface area contributed by atoms with E-state index in [4.69, 9.17) is 21.1 Å². The van der Waals surface area contributed by atoms with Crippen LogP contribution in [0.1, 0.15) is 24.8 Å². The highest BCUT2D eigenvalue weighted by atomic mass is 35.5. The van der Waals surface area contributed by atoms with E-state index in [2.05, 4.69) is 0 Å². The number of hydrogen-bond acceptors (Lipinski definition) is 6. The summed E-state index contributed by atoms with van der Waals surface area (Å²) in [6.45, 7) is -0.394. The molecule has 1 aromatic rings. The van der Waals surface area contributed by atoms with E-state index >= 15 is 0 Å². The molecule has 0 bridgehead atoms. The lowest BCUT2D eigenvalue weighted by Gasteiger charge is -2.28. The molecule has 0 unspecified atom stereocenters. The summed E-state index contributed by atoms with van der Waals surface area (Å²) in [5.41, 5.74) is 0.573. The van der Waals surface area contributed by atoms with Crippen molar-refractivity contribution in [3.8, 4) is 5.75 Å². The van der Waals surface area contributed by atoms with Gasteiger partial charge in [0.25, 0.3) is 5.91 Å². The summed E-state index contributed by atoms with van der Waals surface area (Å²) in [4.78, 5) is 26.3. The van der Waals surface area contributed by atoms with E-state index in [1.807, 2.05) is 0 Å². The van der Waals surface area contributed by atoms with Gasteiger partial charge in [0.1, 0.15) is 5.75 Å². The zero-order valence-electron chi connectivity index (χ0n) is 15.0. The Morgan fingerprint density at radius 2 is 1.96 bits per heavy atom. The SMILES string of the molecule is COc1ccc(Cl)cc1CC(=O)OCC(=O)N(C1CC1)[C@H]1CCS(=O)(=O)C1. The van der Waals surface area contributed by atoms with Crippen LogP contribution in [0.4, 0.5) is 0 Å². The van der Waals surface area contributed by atoms with Crippen molar-refractivity contribution in [1.82, 2.24) is 4.90 Å². The van der Waals surface area contributed by atoms with Gasteiger partial charge in [-0.2, -0.15) is 0 Å². The van der Waals surface area contributed by atoms with Crippen LogP contribution in [0.2, 0.25) is 5.02 Å². The quantitative estimate of drug-likeness (QED) is 0.628. The number of benzene rings is 1. The number of rotatable bonds is 7. The van der Waals surface area contributed by atoms with Crippen molar-refractivity contribution in [1.29, 1.82) is 0 Å². The Kier molecular flexibility index (Phi) is 5.95. The first kappa shape index (κ1) is 19.9. The molecule has 1 aromatic carbocycles. The predicted octanol–water partition coefficient (Wildman–Crippen LogP) is 1.61. The molecule has 0 spiro atoms. The van der Waals surface area contributed by atoms with Crippen LogP contribution >= 0.6 is 11.6 Å². The van der Waals surface area contributed by atoms with Crippen molar-refractivity contribution < 1.29 is 27.5 Å². The maximum Gasteiger partial charge on any atom is 0.310 e. The van der Waals surface area contributed by atoms with Crippen molar-refractivity contribution in [2.75, 3.05) is 25.2 Å². The Bertz CT molecular complexity index is 836. The molecule has 148 valence electrons. The smallest absolute Gasteiger partial charge is 0.310 e. The summed E-state index contributed by atoms with van der Waals surface area (Å²) < 4.78 is 33.8. The molecular weight excluding hydrogens is 394 g/mol. The van der Waals surface area contributed by atoms with E-state index in [0.717, 1.165) is 12.8 Å². The van der Waals surface area contributed by atoms with E-state index in [1.165, 1.54) is 7.11 Å². The molecule has 7 nitrogen and oxygen atoms in total. The van der Waals surface area contributed by atoms with Gasteiger partial charge in [-0.25, -0.2) is 8.42 Å². The second-order valence-corrected chi connectivity index (χ2v) is 9.55. The first-order valence-corrected chi connectivity index (χ1v) is 11.0. The fourth-order valence-electron chi connectivity index (χ4n) is 3.36. The summed E-state index contributed by atoms with van der Waals surface area (Å²) in [7, 11) is -1.60. The molecule has 1 saturated heterocycles. The van der Waals surface area contributed by atoms with Gasteiger partial charge in [0.15, 0.2) is 16.4 Å². The number of esters is 1. The van der Waals surface area contributed by atoms with Gasteiger partial charge in [-0.05, 0) is 37.5 Å². The molecule has 1 heterocycles. The molecule has 27 heavy (non-hydrogen) atoms. The lowest BCUT2D eigenvalue weighted by atomic mass is 10.1. The minimum atomic E-state index is -3.09. The van der Waals surface area contributed by atoms with Crippen molar-refractivity contribution in [2.45, 2.75) is 37.8 Å². The van der Waals surface area contributed by atoms with Gasteiger partial charge in [-0.15, -0.1) is 0 Å². The number of ether oxygens (including phenoxy) is 2. The number of nitrogens with zero attached hydrogens (tertiary/aromatic N) is 1. The van der Waals surface area contributed by atoms with Gasteiger partial charge in [-0.1, -0.05) is 11.6 Å². The van der Waals surface area contributed by atoms with Gasteiger partial charge >= 0.3 is 5.97 Å². The van der Waals surface area contributed by atoms with E-state index in [9.17, 15) is 18.0 Å². The van der Waals surface area contributed by atoms with Crippen molar-refractivity contribution in [3.63, 3.8) is 0 Å². The molecule has 1 aliphatic heterocycles. The van der Waals surface area contributed by atoms with Crippen LogP contribution in [0, 0.1) is 0 Å². The third-order valence-electron chi connectivity index (χ3n) is 4.76. The molecule has 0 aromatic heterocycles. The second-order valence-electron chi connectivity index (χ2n) is 6.88. The average molecular weight is 416 g/mol. The average Bonchev–Trinajstić information content (AvgIpc) is 3.36. The van der Waals surface area contributed by atoms with Crippen LogP contribution < -0.4 is 4.74 Å². The Labute approximate surface area is 163 Å². The standard InChI is InChI=1S/C18H22ClNO6S/c1-25-16-5-2-13(19)8-12(16)9-18(22)26-10-17(21)20(14-3-4-14)15-6-7-27(23,24)11-15/h2,5,8,14-15H,3-4,6-7,9-11H2,1H3/t15-/m0/s1. The maximum atomic E-state index is 12.6. The lowest BCUT2D eigenvalue weighted by molar-refractivity contribution is -0.152. The molecular formula is C18H22ClNO6S. The number of carbonyl (C=O) groups excluding carboxylic acids is 2. The van der Waals surface area contributed by atoms with Crippen molar-refractivity contribution >= 4 is 33.3 Å². The van der Waals surface area contributed by atoms with Gasteiger partial charge in [0.05, 0.1) is 25.0 Å². The van der Waals surface area contributed by atoms with Crippen LogP contribution in [-0.4, -0.2) is 62.5 Å². The van der Waals surface area contributed by atoms with Gasteiger partial charge < -0.3 is 14.4 Å². The summed E-state index contributed by atoms with van der Waals surface area (Å²) in [5.74, 6) is -0.311. The molecule has 0 N–H and O–H groups in total. The fraction of sp³-hybridized carbons (Fsp3) is 0.556. The summed E-state index contributed by atoms with van der Waals surface area (Å²) >= 11 is 5.95. The summed E-state index contributed by atoms with van der Waals surface area (Å²) in [6.07, 6.45) is 2.09. The highest BCUT2D eigenvalue weighted by molar-refractivity contribution is 7.91. The number of hydrogen-bond donors (Lipinski definition) is 0. The largest absolute Gasteiger partial charge is 0.496 e. The number of amides is 1. The molecule has 9 heteroatoms. The van der Waals surface area contributed by atoms with Gasteiger partial charge in [0.2, 0.25) is 0 Å². The molecule has 1 atom stereocenters. The predicted molar refractivity (Wildman–Crippen MR) is 99.6 cm³/mol. The van der Waals surface area contributed by atoms with Crippen LogP contribution in [-0.2, 0) is 30.6 Å². The first-order valence-electron chi connectivity index (χ1n) is 8.78. The Hall–Kier alpha value is -1.80. The Balaban J connectivity index is 1.58. The summed E-state index contributed by atoms with van der Waals surface area (Å²) in [6, 6.07) is 4.67. The van der Waals surface area contributed by atoms with E-state index in [-0.39, 0.29) is 35.9 Å². The maximum absolute atomic E-state index is 12.6. The summed E-state index contributed by atoms with van der Waals surface area (Å²) in [5, 5.41) is 0.469. The molecule has 1 amide bonds. The third kappa shape index (κ3) is 5.13. The van der Waals surface area contributed by atoms with Crippen molar-refractivity contribution in [2.24, 2.45) is 0 Å². The fourth-order valence-corrected chi connectivity index (χ4v) is 5.27. The number of carbonyl (C=O) groups is 2. The molecule has 2 aliphatic rings. The minimum absolute atomic E-state index is 0.0110. The third-order valence-corrected chi connectivity index (χ3v) is 6.75. The number of sulfone groups is 1. The lowest BCUT2D eigenvalue weighted by Crippen LogP contribution is -2.44. The molecule has 3 rings (SSSR count). The normalized spacial score (nSPS) is 20.9. The minimum Gasteiger partial charge on any atom is -0.496 e. The van der Waals surface area contributed by atoms with E-state index in [1.54, 1.807) is 23.1 Å². The molecule has 0 radical (unpaired) electrons. The molecule has 1 aliphatic carbocycles. The number of halogens is 1. The van der Waals surface area contributed by atoms with Crippen LogP contribution in [0.3, 0.4) is 0 Å². The second kappa shape index (κ2) is 8.06. The first-order chi connectivity index (χ1) is 12.8. The van der Waals surface area contributed by atoms with Gasteiger partial charge in [0, 0.05) is 22.7 Å².